The fraction of sp³-hybridized carbons (Fsp3) is 0.625. The maximum atomic E-state index is 6.53. The lowest BCUT2D eigenvalue weighted by Gasteiger charge is -2.26. The van der Waals surface area contributed by atoms with Gasteiger partial charge in [0.25, 0.3) is 0 Å². The van der Waals surface area contributed by atoms with Gasteiger partial charge in [-0.15, -0.1) is 0 Å². The molecule has 4 unspecified atom stereocenters. The second kappa shape index (κ2) is 19.0. The van der Waals surface area contributed by atoms with Crippen LogP contribution in [0.3, 0.4) is 0 Å². The van der Waals surface area contributed by atoms with Crippen LogP contribution >= 0.6 is 23.2 Å². The first-order valence-corrected chi connectivity index (χ1v) is 15.0. The molecule has 4 atom stereocenters. The van der Waals surface area contributed by atoms with Crippen molar-refractivity contribution in [2.24, 2.45) is 11.8 Å². The molecule has 0 aliphatic rings. The van der Waals surface area contributed by atoms with Gasteiger partial charge in [0.2, 0.25) is 0 Å². The van der Waals surface area contributed by atoms with E-state index in [1.54, 1.807) is 0 Å². The molecule has 0 N–H and O–H groups in total. The van der Waals surface area contributed by atoms with Crippen LogP contribution in [0, 0.1) is 11.8 Å². The van der Waals surface area contributed by atoms with E-state index in [2.05, 4.69) is 27.7 Å². The summed E-state index contributed by atoms with van der Waals surface area (Å²) in [5.74, 6) is 1.42. The average molecular weight is 552 g/mol. The van der Waals surface area contributed by atoms with Gasteiger partial charge in [-0.2, -0.15) is 0 Å². The van der Waals surface area contributed by atoms with Crippen molar-refractivity contribution in [2.45, 2.75) is 118 Å². The standard InChI is InChI=1S/C32H48Cl2O3/c1-5-13-25(3)15-11-21-31(35-23-27-17-7-9-19-29(27)33)37-32(22-12-16-26(4)14-6-2)36-24-28-18-8-10-20-30(28)34/h7-10,17-20,25-26,31-32H,5-6,11-16,21-24H2,1-4H3. The lowest BCUT2D eigenvalue weighted by Crippen LogP contribution is -2.27. The summed E-state index contributed by atoms with van der Waals surface area (Å²) in [7, 11) is 0. The first-order chi connectivity index (χ1) is 17.9. The second-order valence-corrected chi connectivity index (χ2v) is 11.3. The highest BCUT2D eigenvalue weighted by Gasteiger charge is 2.20. The minimum Gasteiger partial charge on any atom is -0.348 e. The Kier molecular flexibility index (Phi) is 16.5. The topological polar surface area (TPSA) is 27.7 Å². The van der Waals surface area contributed by atoms with E-state index < -0.39 is 0 Å². The van der Waals surface area contributed by atoms with Crippen LogP contribution in [0.1, 0.15) is 103 Å². The van der Waals surface area contributed by atoms with E-state index in [0.29, 0.717) is 35.1 Å². The SMILES string of the molecule is CCCC(C)CCCC(OCc1ccccc1Cl)OC(CCCC(C)CCC)OCc1ccccc1Cl. The smallest absolute Gasteiger partial charge is 0.161 e. The van der Waals surface area contributed by atoms with Gasteiger partial charge in [-0.3, -0.25) is 0 Å². The first kappa shape index (κ1) is 32.1. The Labute approximate surface area is 236 Å². The fourth-order valence-corrected chi connectivity index (χ4v) is 5.07. The van der Waals surface area contributed by atoms with Gasteiger partial charge in [-0.25, -0.2) is 0 Å². The van der Waals surface area contributed by atoms with E-state index in [9.17, 15) is 0 Å². The molecule has 37 heavy (non-hydrogen) atoms. The van der Waals surface area contributed by atoms with Gasteiger partial charge in [0.15, 0.2) is 12.6 Å². The Morgan fingerprint density at radius 2 is 1.00 bits per heavy atom. The van der Waals surface area contributed by atoms with Crippen LogP contribution in [-0.2, 0) is 27.4 Å². The van der Waals surface area contributed by atoms with Crippen LogP contribution in [-0.4, -0.2) is 12.6 Å². The minimum absolute atomic E-state index is 0.352. The molecule has 0 radical (unpaired) electrons. The Hall–Kier alpha value is -1.10. The van der Waals surface area contributed by atoms with Crippen LogP contribution in [0.5, 0.6) is 0 Å². The van der Waals surface area contributed by atoms with Crippen molar-refractivity contribution in [1.82, 2.24) is 0 Å². The van der Waals surface area contributed by atoms with Crippen molar-refractivity contribution in [3.8, 4) is 0 Å². The van der Waals surface area contributed by atoms with E-state index in [0.717, 1.165) is 36.8 Å². The molecule has 0 fully saturated rings. The molecule has 0 saturated carbocycles. The van der Waals surface area contributed by atoms with E-state index >= 15 is 0 Å². The van der Waals surface area contributed by atoms with Gasteiger partial charge in [-0.05, 0) is 60.8 Å². The van der Waals surface area contributed by atoms with Crippen molar-refractivity contribution in [3.05, 3.63) is 69.7 Å². The quantitative estimate of drug-likeness (QED) is 0.153. The zero-order valence-corrected chi connectivity index (χ0v) is 24.9. The maximum absolute atomic E-state index is 6.53. The summed E-state index contributed by atoms with van der Waals surface area (Å²) in [5, 5.41) is 1.43. The Morgan fingerprint density at radius 3 is 1.38 bits per heavy atom. The van der Waals surface area contributed by atoms with Crippen LogP contribution in [0.4, 0.5) is 0 Å². The predicted molar refractivity (Wildman–Crippen MR) is 157 cm³/mol. The molecule has 0 saturated heterocycles. The monoisotopic (exact) mass is 550 g/mol. The molecule has 208 valence electrons. The first-order valence-electron chi connectivity index (χ1n) is 14.3. The molecule has 2 aromatic rings. The number of rotatable bonds is 20. The lowest BCUT2D eigenvalue weighted by atomic mass is 9.99. The molecule has 0 aliphatic carbocycles. The molecule has 2 aromatic carbocycles. The molecule has 0 bridgehead atoms. The largest absolute Gasteiger partial charge is 0.348 e. The molecule has 0 aromatic heterocycles. The summed E-state index contributed by atoms with van der Waals surface area (Å²) in [5.41, 5.74) is 1.94. The van der Waals surface area contributed by atoms with E-state index in [4.69, 9.17) is 37.4 Å². The Balaban J connectivity index is 2.05. The highest BCUT2D eigenvalue weighted by Crippen LogP contribution is 2.24. The Bertz CT molecular complexity index is 790. The molecule has 5 heteroatoms. The molecular weight excluding hydrogens is 503 g/mol. The van der Waals surface area contributed by atoms with Crippen molar-refractivity contribution >= 4 is 23.2 Å². The van der Waals surface area contributed by atoms with Gasteiger partial charge in [0.05, 0.1) is 13.2 Å². The number of benzene rings is 2. The van der Waals surface area contributed by atoms with Crippen molar-refractivity contribution in [1.29, 1.82) is 0 Å². The lowest BCUT2D eigenvalue weighted by molar-refractivity contribution is -0.257. The summed E-state index contributed by atoms with van der Waals surface area (Å²) in [6.45, 7) is 9.99. The minimum atomic E-state index is -0.352. The van der Waals surface area contributed by atoms with Gasteiger partial charge < -0.3 is 14.2 Å². The van der Waals surface area contributed by atoms with Crippen molar-refractivity contribution < 1.29 is 14.2 Å². The average Bonchev–Trinajstić information content (AvgIpc) is 2.87. The van der Waals surface area contributed by atoms with Crippen molar-refractivity contribution in [2.75, 3.05) is 0 Å². The summed E-state index contributed by atoms with van der Waals surface area (Å²) in [4.78, 5) is 0. The molecule has 2 rings (SSSR count). The summed E-state index contributed by atoms with van der Waals surface area (Å²) >= 11 is 12.8. The normalized spacial score (nSPS) is 14.9. The number of hydrogen-bond donors (Lipinski definition) is 0. The summed E-state index contributed by atoms with van der Waals surface area (Å²) in [6.07, 6.45) is 10.4. The third-order valence-electron chi connectivity index (χ3n) is 6.91. The third-order valence-corrected chi connectivity index (χ3v) is 7.64. The molecule has 0 heterocycles. The Morgan fingerprint density at radius 1 is 0.595 bits per heavy atom. The number of hydrogen-bond acceptors (Lipinski definition) is 3. The van der Waals surface area contributed by atoms with E-state index in [1.807, 2.05) is 48.5 Å². The van der Waals surface area contributed by atoms with Gasteiger partial charge in [-0.1, -0.05) is 126 Å². The highest BCUT2D eigenvalue weighted by atomic mass is 35.5. The third kappa shape index (κ3) is 13.5. The maximum Gasteiger partial charge on any atom is 0.161 e. The number of halogens is 2. The van der Waals surface area contributed by atoms with Crippen LogP contribution in [0.2, 0.25) is 10.0 Å². The molecule has 0 amide bonds. The second-order valence-electron chi connectivity index (χ2n) is 10.4. The zero-order chi connectivity index (χ0) is 26.9. The molecular formula is C32H48Cl2O3. The van der Waals surface area contributed by atoms with Gasteiger partial charge >= 0.3 is 0 Å². The van der Waals surface area contributed by atoms with Crippen molar-refractivity contribution in [3.63, 3.8) is 0 Å². The summed E-state index contributed by atoms with van der Waals surface area (Å²) in [6, 6.07) is 15.7. The highest BCUT2D eigenvalue weighted by molar-refractivity contribution is 6.31. The van der Waals surface area contributed by atoms with Crippen LogP contribution in [0.25, 0.3) is 0 Å². The van der Waals surface area contributed by atoms with Gasteiger partial charge in [0.1, 0.15) is 0 Å². The van der Waals surface area contributed by atoms with Gasteiger partial charge in [0, 0.05) is 10.0 Å². The van der Waals surface area contributed by atoms with E-state index in [1.165, 1.54) is 38.5 Å². The predicted octanol–water partition coefficient (Wildman–Crippen LogP) is 10.6. The molecule has 0 aliphatic heterocycles. The molecule has 0 spiro atoms. The number of ether oxygens (including phenoxy) is 3. The van der Waals surface area contributed by atoms with Crippen LogP contribution < -0.4 is 0 Å². The zero-order valence-electron chi connectivity index (χ0n) is 23.4. The summed E-state index contributed by atoms with van der Waals surface area (Å²) < 4.78 is 19.1. The fourth-order valence-electron chi connectivity index (χ4n) is 4.69. The van der Waals surface area contributed by atoms with Crippen LogP contribution in [0.15, 0.2) is 48.5 Å². The van der Waals surface area contributed by atoms with E-state index in [-0.39, 0.29) is 12.6 Å². The molecule has 3 nitrogen and oxygen atoms in total.